The van der Waals surface area contributed by atoms with Gasteiger partial charge in [-0.1, -0.05) is 0 Å². The number of nitrogens with two attached hydrogens (primary N) is 1. The van der Waals surface area contributed by atoms with Gasteiger partial charge in [0.05, 0.1) is 11.3 Å². The fraction of sp³-hybridized carbons (Fsp3) is 0.125. The second-order valence-electron chi connectivity index (χ2n) is 2.53. The second-order valence-corrected chi connectivity index (χ2v) is 2.53. The molecule has 64 valence electrons. The van der Waals surface area contributed by atoms with Crippen LogP contribution in [0.1, 0.15) is 15.9 Å². The minimum absolute atomic E-state index is 0.0815. The van der Waals surface area contributed by atoms with Crippen molar-refractivity contribution in [2.45, 2.75) is 6.92 Å². The van der Waals surface area contributed by atoms with Gasteiger partial charge >= 0.3 is 5.97 Å². The Bertz CT molecular complexity index is 333. The summed E-state index contributed by atoms with van der Waals surface area (Å²) in [7, 11) is 0. The predicted octanol–water partition coefficient (Wildman–Crippen LogP) is 0.981. The molecule has 4 heteroatoms. The first kappa shape index (κ1) is 8.39. The molecule has 12 heavy (non-hydrogen) atoms. The molecule has 0 aliphatic heterocycles. The summed E-state index contributed by atoms with van der Waals surface area (Å²) in [5, 5.41) is 17.7. The standard InChI is InChI=1S/C8H9NO3/c1-4-2-7(10)6(9)3-5(4)8(11)12/h2-3,10H,9H2,1H3,(H,11,12). The number of carboxylic acid groups (broad SMARTS) is 1. The molecule has 0 saturated heterocycles. The quantitative estimate of drug-likeness (QED) is 0.430. The molecule has 0 amide bonds. The Hall–Kier alpha value is -1.71. The van der Waals surface area contributed by atoms with Crippen molar-refractivity contribution in [3.05, 3.63) is 23.3 Å². The van der Waals surface area contributed by atoms with E-state index in [1.54, 1.807) is 6.92 Å². The number of aromatic hydroxyl groups is 1. The topological polar surface area (TPSA) is 83.5 Å². The molecule has 4 nitrogen and oxygen atoms in total. The number of carboxylic acids is 1. The van der Waals surface area contributed by atoms with Gasteiger partial charge in [0, 0.05) is 0 Å². The van der Waals surface area contributed by atoms with Gasteiger partial charge in [-0.2, -0.15) is 0 Å². The van der Waals surface area contributed by atoms with Gasteiger partial charge in [0.25, 0.3) is 0 Å². The maximum Gasteiger partial charge on any atom is 0.336 e. The van der Waals surface area contributed by atoms with Gasteiger partial charge in [-0.05, 0) is 24.6 Å². The Morgan fingerprint density at radius 3 is 2.58 bits per heavy atom. The van der Waals surface area contributed by atoms with Crippen molar-refractivity contribution in [3.63, 3.8) is 0 Å². The summed E-state index contributed by atoms with van der Waals surface area (Å²) in [6.45, 7) is 1.60. The molecule has 0 unspecified atom stereocenters. The zero-order valence-electron chi connectivity index (χ0n) is 6.53. The van der Waals surface area contributed by atoms with E-state index in [9.17, 15) is 4.79 Å². The Balaban J connectivity index is 3.33. The number of aromatic carboxylic acids is 1. The average Bonchev–Trinajstić information content (AvgIpc) is 1.96. The number of aryl methyl sites for hydroxylation is 1. The first-order chi connectivity index (χ1) is 5.52. The molecule has 1 rings (SSSR count). The Morgan fingerprint density at radius 2 is 2.08 bits per heavy atom. The third-order valence-electron chi connectivity index (χ3n) is 1.60. The van der Waals surface area contributed by atoms with Crippen molar-refractivity contribution < 1.29 is 15.0 Å². The fourth-order valence-electron chi connectivity index (χ4n) is 0.940. The lowest BCUT2D eigenvalue weighted by atomic mass is 10.1. The Kier molecular flexibility index (Phi) is 1.91. The van der Waals surface area contributed by atoms with Gasteiger partial charge in [-0.15, -0.1) is 0 Å². The third-order valence-corrected chi connectivity index (χ3v) is 1.60. The highest BCUT2D eigenvalue weighted by Gasteiger charge is 2.09. The number of phenols is 1. The van der Waals surface area contributed by atoms with Crippen molar-refractivity contribution >= 4 is 11.7 Å². The second kappa shape index (κ2) is 2.73. The molecule has 4 N–H and O–H groups in total. The molecular formula is C8H9NO3. The summed E-state index contributed by atoms with van der Waals surface area (Å²) >= 11 is 0. The van der Waals surface area contributed by atoms with Gasteiger partial charge in [0.15, 0.2) is 0 Å². The number of rotatable bonds is 1. The van der Waals surface area contributed by atoms with Crippen LogP contribution in [0.5, 0.6) is 5.75 Å². The molecular weight excluding hydrogens is 158 g/mol. The van der Waals surface area contributed by atoms with Crippen LogP contribution < -0.4 is 5.73 Å². The number of benzene rings is 1. The van der Waals surface area contributed by atoms with Gasteiger partial charge in [0.2, 0.25) is 0 Å². The van der Waals surface area contributed by atoms with E-state index in [2.05, 4.69) is 0 Å². The van der Waals surface area contributed by atoms with E-state index in [0.29, 0.717) is 5.56 Å². The molecule has 0 spiro atoms. The molecule has 1 aromatic carbocycles. The molecule has 0 saturated carbocycles. The first-order valence-electron chi connectivity index (χ1n) is 3.34. The van der Waals surface area contributed by atoms with E-state index in [1.807, 2.05) is 0 Å². The summed E-state index contributed by atoms with van der Waals surface area (Å²) in [5.41, 5.74) is 6.01. The van der Waals surface area contributed by atoms with Crippen LogP contribution in [0, 0.1) is 6.92 Å². The molecule has 0 aromatic heterocycles. The summed E-state index contributed by atoms with van der Waals surface area (Å²) < 4.78 is 0. The smallest absolute Gasteiger partial charge is 0.336 e. The molecule has 0 fully saturated rings. The maximum absolute atomic E-state index is 10.5. The lowest BCUT2D eigenvalue weighted by Gasteiger charge is -2.03. The fourth-order valence-corrected chi connectivity index (χ4v) is 0.940. The Labute approximate surface area is 69.3 Å². The van der Waals surface area contributed by atoms with Crippen LogP contribution in [0.4, 0.5) is 5.69 Å². The largest absolute Gasteiger partial charge is 0.506 e. The van der Waals surface area contributed by atoms with Gasteiger partial charge in [0.1, 0.15) is 5.75 Å². The van der Waals surface area contributed by atoms with Crippen molar-refractivity contribution in [2.24, 2.45) is 0 Å². The highest BCUT2D eigenvalue weighted by molar-refractivity contribution is 5.91. The van der Waals surface area contributed by atoms with Crippen LogP contribution in [-0.2, 0) is 0 Å². The molecule has 0 radical (unpaired) electrons. The number of phenolic OH excluding ortho intramolecular Hbond substituents is 1. The first-order valence-corrected chi connectivity index (χ1v) is 3.34. The number of carbonyl (C=O) groups is 1. The molecule has 1 aromatic rings. The predicted molar refractivity (Wildman–Crippen MR) is 44.2 cm³/mol. The van der Waals surface area contributed by atoms with Crippen molar-refractivity contribution in [3.8, 4) is 5.75 Å². The summed E-state index contributed by atoms with van der Waals surface area (Å²) in [6, 6.07) is 2.58. The average molecular weight is 167 g/mol. The van der Waals surface area contributed by atoms with E-state index in [-0.39, 0.29) is 17.0 Å². The van der Waals surface area contributed by atoms with Crippen LogP contribution in [0.2, 0.25) is 0 Å². The van der Waals surface area contributed by atoms with E-state index in [1.165, 1.54) is 12.1 Å². The zero-order valence-corrected chi connectivity index (χ0v) is 6.53. The number of anilines is 1. The van der Waals surface area contributed by atoms with Gasteiger partial charge in [-0.25, -0.2) is 4.79 Å². The normalized spacial score (nSPS) is 9.75. The van der Waals surface area contributed by atoms with Crippen LogP contribution in [0.25, 0.3) is 0 Å². The highest BCUT2D eigenvalue weighted by atomic mass is 16.4. The molecule has 0 aliphatic carbocycles. The molecule has 0 atom stereocenters. The molecule has 0 aliphatic rings. The van der Waals surface area contributed by atoms with E-state index in [0.717, 1.165) is 0 Å². The lowest BCUT2D eigenvalue weighted by Crippen LogP contribution is -2.01. The number of hydrogen-bond donors (Lipinski definition) is 3. The minimum atomic E-state index is -1.04. The monoisotopic (exact) mass is 167 g/mol. The summed E-state index contributed by atoms with van der Waals surface area (Å²) in [4.78, 5) is 10.5. The van der Waals surface area contributed by atoms with Crippen molar-refractivity contribution in [2.75, 3.05) is 5.73 Å². The molecule has 0 bridgehead atoms. The highest BCUT2D eigenvalue weighted by Crippen LogP contribution is 2.23. The number of nitrogen functional groups attached to an aromatic ring is 1. The Morgan fingerprint density at radius 1 is 1.50 bits per heavy atom. The van der Waals surface area contributed by atoms with Crippen LogP contribution in [0.3, 0.4) is 0 Å². The van der Waals surface area contributed by atoms with Crippen LogP contribution in [-0.4, -0.2) is 16.2 Å². The van der Waals surface area contributed by atoms with E-state index in [4.69, 9.17) is 15.9 Å². The van der Waals surface area contributed by atoms with Gasteiger partial charge in [-0.3, -0.25) is 0 Å². The third kappa shape index (κ3) is 1.32. The number of hydrogen-bond acceptors (Lipinski definition) is 3. The lowest BCUT2D eigenvalue weighted by molar-refractivity contribution is 0.0696. The SMILES string of the molecule is Cc1cc(O)c(N)cc1C(=O)O. The van der Waals surface area contributed by atoms with Crippen molar-refractivity contribution in [1.29, 1.82) is 0 Å². The minimum Gasteiger partial charge on any atom is -0.506 e. The van der Waals surface area contributed by atoms with Crippen LogP contribution >= 0.6 is 0 Å². The van der Waals surface area contributed by atoms with Gasteiger partial charge < -0.3 is 15.9 Å². The zero-order chi connectivity index (χ0) is 9.30. The van der Waals surface area contributed by atoms with Crippen LogP contribution in [0.15, 0.2) is 12.1 Å². The molecule has 0 heterocycles. The van der Waals surface area contributed by atoms with E-state index < -0.39 is 5.97 Å². The summed E-state index contributed by atoms with van der Waals surface area (Å²) in [5.74, 6) is -1.13. The summed E-state index contributed by atoms with van der Waals surface area (Å²) in [6.07, 6.45) is 0. The van der Waals surface area contributed by atoms with Crippen molar-refractivity contribution in [1.82, 2.24) is 0 Å². The maximum atomic E-state index is 10.5. The van der Waals surface area contributed by atoms with E-state index >= 15 is 0 Å².